The van der Waals surface area contributed by atoms with Crippen LogP contribution in [0.5, 0.6) is 0 Å². The van der Waals surface area contributed by atoms with E-state index in [0.717, 1.165) is 48.5 Å². The highest BCUT2D eigenvalue weighted by Gasteiger charge is 2.18. The minimum atomic E-state index is 0.770. The van der Waals surface area contributed by atoms with E-state index in [4.69, 9.17) is 9.72 Å². The summed E-state index contributed by atoms with van der Waals surface area (Å²) in [7, 11) is 0. The smallest absolute Gasteiger partial charge is 0.190 e. The summed E-state index contributed by atoms with van der Waals surface area (Å²) >= 11 is 3.33. The van der Waals surface area contributed by atoms with E-state index in [1.165, 1.54) is 4.70 Å². The molecule has 3 rings (SSSR count). The monoisotopic (exact) mass is 293 g/mol. The minimum Gasteiger partial charge on any atom is -0.378 e. The van der Waals surface area contributed by atoms with Gasteiger partial charge in [0, 0.05) is 18.8 Å². The van der Waals surface area contributed by atoms with Gasteiger partial charge in [0.05, 0.1) is 23.4 Å². The Morgan fingerprint density at radius 1 is 1.42 bits per heavy atom. The molecule has 0 spiro atoms. The molecular weight excluding hydrogens is 278 g/mol. The number of nitrogens with zero attached hydrogens (tertiary/aromatic N) is 3. The Morgan fingerprint density at radius 2 is 2.26 bits per heavy atom. The number of aromatic nitrogens is 2. The number of fused-ring (bicyclic) bond motifs is 1. The number of thioether (sulfide) groups is 1. The molecule has 4 nitrogen and oxygen atoms in total. The summed E-state index contributed by atoms with van der Waals surface area (Å²) in [6, 6.07) is 2.06. The Kier molecular flexibility index (Phi) is 4.00. The highest BCUT2D eigenvalue weighted by molar-refractivity contribution is 7.99. The van der Waals surface area contributed by atoms with Crippen molar-refractivity contribution in [3.05, 3.63) is 24.1 Å². The van der Waals surface area contributed by atoms with Crippen molar-refractivity contribution in [3.63, 3.8) is 0 Å². The molecule has 1 aliphatic rings. The lowest BCUT2D eigenvalue weighted by atomic mass is 10.3. The lowest BCUT2D eigenvalue weighted by molar-refractivity contribution is 0.122. The summed E-state index contributed by atoms with van der Waals surface area (Å²) in [6.07, 6.45) is 1.88. The molecule has 0 saturated carbocycles. The van der Waals surface area contributed by atoms with Gasteiger partial charge in [-0.05, 0) is 11.4 Å². The zero-order valence-electron chi connectivity index (χ0n) is 10.5. The summed E-state index contributed by atoms with van der Waals surface area (Å²) in [4.78, 5) is 11.6. The normalized spacial score (nSPS) is 15.9. The first-order valence-electron chi connectivity index (χ1n) is 6.20. The van der Waals surface area contributed by atoms with Crippen molar-refractivity contribution in [2.24, 2.45) is 0 Å². The maximum atomic E-state index is 5.41. The average molecular weight is 293 g/mol. The predicted octanol–water partition coefficient (Wildman–Crippen LogP) is 2.81. The molecule has 0 N–H and O–H groups in total. The van der Waals surface area contributed by atoms with Gasteiger partial charge in [-0.15, -0.1) is 17.9 Å². The molecule has 2 aromatic rings. The number of anilines is 1. The van der Waals surface area contributed by atoms with Crippen molar-refractivity contribution in [3.8, 4) is 0 Å². The number of hydrogen-bond acceptors (Lipinski definition) is 6. The van der Waals surface area contributed by atoms with E-state index in [0.29, 0.717) is 0 Å². The second-order valence-corrected chi connectivity index (χ2v) is 6.07. The van der Waals surface area contributed by atoms with E-state index in [1.807, 2.05) is 6.08 Å². The van der Waals surface area contributed by atoms with E-state index < -0.39 is 0 Å². The molecule has 1 saturated heterocycles. The SMILES string of the molecule is C=CCSc1nc(N2CCOCC2)c2sccc2n1. The van der Waals surface area contributed by atoms with Crippen LogP contribution in [-0.4, -0.2) is 42.0 Å². The van der Waals surface area contributed by atoms with Crippen LogP contribution in [0.2, 0.25) is 0 Å². The number of rotatable bonds is 4. The number of ether oxygens (including phenoxy) is 1. The fraction of sp³-hybridized carbons (Fsp3) is 0.385. The lowest BCUT2D eigenvalue weighted by Gasteiger charge is -2.28. The first-order valence-corrected chi connectivity index (χ1v) is 8.06. The van der Waals surface area contributed by atoms with Gasteiger partial charge in [0.2, 0.25) is 0 Å². The van der Waals surface area contributed by atoms with Crippen LogP contribution in [0.3, 0.4) is 0 Å². The molecule has 0 aliphatic carbocycles. The maximum absolute atomic E-state index is 5.41. The van der Waals surface area contributed by atoms with Crippen molar-refractivity contribution in [1.82, 2.24) is 9.97 Å². The molecule has 3 heterocycles. The summed E-state index contributed by atoms with van der Waals surface area (Å²) in [5.74, 6) is 1.88. The molecule has 1 fully saturated rings. The van der Waals surface area contributed by atoms with Crippen LogP contribution in [0.1, 0.15) is 0 Å². The summed E-state index contributed by atoms with van der Waals surface area (Å²) in [5, 5.41) is 2.90. The summed E-state index contributed by atoms with van der Waals surface area (Å²) in [5.41, 5.74) is 1.04. The first-order chi connectivity index (χ1) is 9.38. The van der Waals surface area contributed by atoms with Crippen LogP contribution in [0.4, 0.5) is 5.82 Å². The van der Waals surface area contributed by atoms with Gasteiger partial charge in [-0.2, -0.15) is 0 Å². The summed E-state index contributed by atoms with van der Waals surface area (Å²) in [6.45, 7) is 7.08. The second kappa shape index (κ2) is 5.90. The Bertz CT molecular complexity index is 578. The molecule has 0 unspecified atom stereocenters. The van der Waals surface area contributed by atoms with Gasteiger partial charge >= 0.3 is 0 Å². The molecular formula is C13H15N3OS2. The van der Waals surface area contributed by atoms with Crippen molar-refractivity contribution in [2.75, 3.05) is 37.0 Å². The fourth-order valence-corrected chi connectivity index (χ4v) is 3.44. The Labute approximate surface area is 120 Å². The molecule has 100 valence electrons. The zero-order chi connectivity index (χ0) is 13.1. The third-order valence-electron chi connectivity index (χ3n) is 2.91. The molecule has 19 heavy (non-hydrogen) atoms. The average Bonchev–Trinajstić information content (AvgIpc) is 2.93. The van der Waals surface area contributed by atoms with Crippen LogP contribution in [-0.2, 0) is 4.74 Å². The lowest BCUT2D eigenvalue weighted by Crippen LogP contribution is -2.36. The van der Waals surface area contributed by atoms with Crippen molar-refractivity contribution >= 4 is 39.1 Å². The van der Waals surface area contributed by atoms with Crippen molar-refractivity contribution in [1.29, 1.82) is 0 Å². The Balaban J connectivity index is 1.99. The maximum Gasteiger partial charge on any atom is 0.190 e. The molecule has 0 aromatic carbocycles. The van der Waals surface area contributed by atoms with Crippen molar-refractivity contribution < 1.29 is 4.74 Å². The van der Waals surface area contributed by atoms with E-state index in [-0.39, 0.29) is 0 Å². The van der Waals surface area contributed by atoms with Gasteiger partial charge in [-0.3, -0.25) is 0 Å². The molecule has 0 atom stereocenters. The van der Waals surface area contributed by atoms with Crippen LogP contribution >= 0.6 is 23.1 Å². The van der Waals surface area contributed by atoms with Crippen LogP contribution in [0.25, 0.3) is 10.2 Å². The van der Waals surface area contributed by atoms with Gasteiger partial charge in [0.1, 0.15) is 0 Å². The third kappa shape index (κ3) is 2.75. The van der Waals surface area contributed by atoms with E-state index in [2.05, 4.69) is 27.9 Å². The molecule has 2 aromatic heterocycles. The van der Waals surface area contributed by atoms with Crippen molar-refractivity contribution in [2.45, 2.75) is 5.16 Å². The Morgan fingerprint density at radius 3 is 3.05 bits per heavy atom. The predicted molar refractivity (Wildman–Crippen MR) is 81.4 cm³/mol. The van der Waals surface area contributed by atoms with Gasteiger partial charge in [0.15, 0.2) is 11.0 Å². The highest BCUT2D eigenvalue weighted by atomic mass is 32.2. The second-order valence-electron chi connectivity index (χ2n) is 4.16. The summed E-state index contributed by atoms with van der Waals surface area (Å²) < 4.78 is 6.58. The van der Waals surface area contributed by atoms with Gasteiger partial charge in [-0.25, -0.2) is 9.97 Å². The Hall–Kier alpha value is -1.11. The molecule has 6 heteroatoms. The van der Waals surface area contributed by atoms with Crippen LogP contribution in [0.15, 0.2) is 29.3 Å². The van der Waals surface area contributed by atoms with E-state index in [9.17, 15) is 0 Å². The quantitative estimate of drug-likeness (QED) is 0.492. The highest BCUT2D eigenvalue weighted by Crippen LogP contribution is 2.31. The van der Waals surface area contributed by atoms with E-state index >= 15 is 0 Å². The molecule has 0 amide bonds. The van der Waals surface area contributed by atoms with E-state index in [1.54, 1.807) is 23.1 Å². The zero-order valence-corrected chi connectivity index (χ0v) is 12.2. The third-order valence-corrected chi connectivity index (χ3v) is 4.65. The largest absolute Gasteiger partial charge is 0.378 e. The molecule has 1 aliphatic heterocycles. The van der Waals surface area contributed by atoms with Crippen LogP contribution < -0.4 is 4.90 Å². The standard InChI is InChI=1S/C13H15N3OS2/c1-2-8-19-13-14-10-3-9-18-11(10)12(15-13)16-4-6-17-7-5-16/h2-3,9H,1,4-8H2. The molecule has 0 bridgehead atoms. The van der Waals surface area contributed by atoms with Gasteiger partial charge < -0.3 is 9.64 Å². The number of hydrogen-bond donors (Lipinski definition) is 0. The van der Waals surface area contributed by atoms with Gasteiger partial charge in [0.25, 0.3) is 0 Å². The number of morpholine rings is 1. The minimum absolute atomic E-state index is 0.770. The number of thiophene rings is 1. The van der Waals surface area contributed by atoms with Gasteiger partial charge in [-0.1, -0.05) is 17.8 Å². The van der Waals surface area contributed by atoms with Crippen LogP contribution in [0, 0.1) is 0 Å². The molecule has 0 radical (unpaired) electrons. The topological polar surface area (TPSA) is 38.2 Å². The fourth-order valence-electron chi connectivity index (χ4n) is 2.01. The first kappa shape index (κ1) is 12.9.